The number of hydrogen-bond acceptors (Lipinski definition) is 5. The topological polar surface area (TPSA) is 59.1 Å². The van der Waals surface area contributed by atoms with E-state index in [1.54, 1.807) is 21.6 Å². The molecule has 3 rings (SSSR count). The summed E-state index contributed by atoms with van der Waals surface area (Å²) in [5.41, 5.74) is 0.988. The lowest BCUT2D eigenvalue weighted by atomic mass is 10.2. The first-order chi connectivity index (χ1) is 10.7. The fourth-order valence-electron chi connectivity index (χ4n) is 2.44. The summed E-state index contributed by atoms with van der Waals surface area (Å²) in [6.07, 6.45) is 0. The molecule has 0 aromatic heterocycles. The van der Waals surface area contributed by atoms with Gasteiger partial charge in [0, 0.05) is 13.1 Å². The highest BCUT2D eigenvalue weighted by Crippen LogP contribution is 2.32. The second kappa shape index (κ2) is 6.48. The molecule has 0 unspecified atom stereocenters. The monoisotopic (exact) mass is 322 g/mol. The molecule has 0 atom stereocenters. The Morgan fingerprint density at radius 2 is 2.18 bits per heavy atom. The van der Waals surface area contributed by atoms with Crippen molar-refractivity contribution in [2.75, 3.05) is 31.5 Å². The van der Waals surface area contributed by atoms with E-state index in [9.17, 15) is 9.59 Å². The van der Waals surface area contributed by atoms with Crippen LogP contribution in [0.1, 0.15) is 12.5 Å². The van der Waals surface area contributed by atoms with Crippen LogP contribution in [-0.4, -0.2) is 53.1 Å². The first kappa shape index (κ1) is 15.0. The highest BCUT2D eigenvalue weighted by Gasteiger charge is 2.25. The number of benzene rings is 1. The molecule has 2 aliphatic rings. The van der Waals surface area contributed by atoms with E-state index in [0.717, 1.165) is 11.3 Å². The summed E-state index contributed by atoms with van der Waals surface area (Å²) in [5, 5.41) is 0. The first-order valence-electron chi connectivity index (χ1n) is 7.19. The molecule has 22 heavy (non-hydrogen) atoms. The molecule has 2 aliphatic heterocycles. The molecule has 0 N–H and O–H groups in total. The minimum atomic E-state index is -0.0315. The third kappa shape index (κ3) is 3.14. The standard InChI is InChI=1S/C15H18N2O4S/c1-2-16(14(18)7-17-9-22-8-15(17)19)6-11-3-4-12-13(5-11)21-10-20-12/h3-5H,2,6-10H2,1H3. The molecule has 1 fully saturated rings. The van der Waals surface area contributed by atoms with Crippen molar-refractivity contribution in [3.05, 3.63) is 23.8 Å². The average Bonchev–Trinajstić information content (AvgIpc) is 3.13. The Morgan fingerprint density at radius 1 is 1.36 bits per heavy atom. The van der Waals surface area contributed by atoms with Crippen molar-refractivity contribution in [3.8, 4) is 11.5 Å². The lowest BCUT2D eigenvalue weighted by Crippen LogP contribution is -2.40. The van der Waals surface area contributed by atoms with Crippen LogP contribution in [0.3, 0.4) is 0 Å². The quantitative estimate of drug-likeness (QED) is 0.818. The molecule has 6 nitrogen and oxygen atoms in total. The van der Waals surface area contributed by atoms with Crippen LogP contribution in [0, 0.1) is 0 Å². The van der Waals surface area contributed by atoms with Crippen LogP contribution in [0.15, 0.2) is 18.2 Å². The van der Waals surface area contributed by atoms with Gasteiger partial charge in [0.25, 0.3) is 0 Å². The van der Waals surface area contributed by atoms with Crippen LogP contribution in [0.25, 0.3) is 0 Å². The fourth-order valence-corrected chi connectivity index (χ4v) is 3.34. The van der Waals surface area contributed by atoms with Gasteiger partial charge in [-0.25, -0.2) is 0 Å². The number of rotatable bonds is 5. The number of hydrogen-bond donors (Lipinski definition) is 0. The van der Waals surface area contributed by atoms with E-state index in [0.29, 0.717) is 30.5 Å². The Balaban J connectivity index is 1.63. The maximum Gasteiger partial charge on any atom is 0.242 e. The van der Waals surface area contributed by atoms with Crippen LogP contribution < -0.4 is 9.47 Å². The normalized spacial score (nSPS) is 16.2. The summed E-state index contributed by atoms with van der Waals surface area (Å²) in [5.74, 6) is 2.53. The van der Waals surface area contributed by atoms with Crippen molar-refractivity contribution in [2.24, 2.45) is 0 Å². The molecular formula is C15H18N2O4S. The van der Waals surface area contributed by atoms with Gasteiger partial charge in [0.1, 0.15) is 6.54 Å². The third-order valence-corrected chi connectivity index (χ3v) is 4.64. The van der Waals surface area contributed by atoms with Gasteiger partial charge in [0.15, 0.2) is 11.5 Å². The zero-order valence-electron chi connectivity index (χ0n) is 12.4. The number of likely N-dealkylation sites (N-methyl/N-ethyl adjacent to an activating group) is 1. The molecule has 2 heterocycles. The van der Waals surface area contributed by atoms with Gasteiger partial charge < -0.3 is 19.3 Å². The fraction of sp³-hybridized carbons (Fsp3) is 0.467. The van der Waals surface area contributed by atoms with Crippen molar-refractivity contribution in [3.63, 3.8) is 0 Å². The summed E-state index contributed by atoms with van der Waals surface area (Å²) in [6, 6.07) is 5.69. The maximum absolute atomic E-state index is 12.4. The summed E-state index contributed by atoms with van der Waals surface area (Å²) < 4.78 is 10.6. The van der Waals surface area contributed by atoms with Crippen molar-refractivity contribution in [2.45, 2.75) is 13.5 Å². The van der Waals surface area contributed by atoms with Crippen LogP contribution in [0.4, 0.5) is 0 Å². The van der Waals surface area contributed by atoms with Crippen LogP contribution in [-0.2, 0) is 16.1 Å². The van der Waals surface area contributed by atoms with Gasteiger partial charge in [-0.15, -0.1) is 11.8 Å². The minimum Gasteiger partial charge on any atom is -0.454 e. The van der Waals surface area contributed by atoms with Crippen molar-refractivity contribution >= 4 is 23.6 Å². The zero-order valence-corrected chi connectivity index (χ0v) is 13.2. The Bertz CT molecular complexity index is 593. The van der Waals surface area contributed by atoms with E-state index in [4.69, 9.17) is 9.47 Å². The van der Waals surface area contributed by atoms with E-state index in [-0.39, 0.29) is 25.2 Å². The van der Waals surface area contributed by atoms with E-state index in [1.165, 1.54) is 0 Å². The van der Waals surface area contributed by atoms with E-state index in [2.05, 4.69) is 0 Å². The van der Waals surface area contributed by atoms with Gasteiger partial charge in [-0.1, -0.05) is 6.07 Å². The van der Waals surface area contributed by atoms with Gasteiger partial charge in [-0.3, -0.25) is 9.59 Å². The maximum atomic E-state index is 12.4. The number of thioether (sulfide) groups is 1. The van der Waals surface area contributed by atoms with E-state index < -0.39 is 0 Å². The van der Waals surface area contributed by atoms with Crippen LogP contribution >= 0.6 is 11.8 Å². The van der Waals surface area contributed by atoms with Gasteiger partial charge >= 0.3 is 0 Å². The number of amides is 2. The Kier molecular flexibility index (Phi) is 4.42. The molecule has 1 aromatic carbocycles. The van der Waals surface area contributed by atoms with Crippen LogP contribution in [0.2, 0.25) is 0 Å². The van der Waals surface area contributed by atoms with Crippen molar-refractivity contribution in [1.29, 1.82) is 0 Å². The average molecular weight is 322 g/mol. The summed E-state index contributed by atoms with van der Waals surface area (Å²) in [4.78, 5) is 27.3. The lowest BCUT2D eigenvalue weighted by Gasteiger charge is -2.24. The first-order valence-corrected chi connectivity index (χ1v) is 8.34. The molecule has 7 heteroatoms. The molecule has 0 saturated carbocycles. The number of carbonyl (C=O) groups excluding carboxylic acids is 2. The van der Waals surface area contributed by atoms with Gasteiger partial charge in [-0.05, 0) is 24.6 Å². The number of nitrogens with zero attached hydrogens (tertiary/aromatic N) is 2. The highest BCUT2D eigenvalue weighted by molar-refractivity contribution is 8.00. The minimum absolute atomic E-state index is 0.0315. The smallest absolute Gasteiger partial charge is 0.242 e. The molecule has 0 radical (unpaired) electrons. The zero-order chi connectivity index (χ0) is 15.5. The summed E-state index contributed by atoms with van der Waals surface area (Å²) >= 11 is 1.54. The largest absolute Gasteiger partial charge is 0.454 e. The van der Waals surface area contributed by atoms with E-state index >= 15 is 0 Å². The second-order valence-corrected chi connectivity index (χ2v) is 6.12. The Labute approximate surface area is 133 Å². The summed E-state index contributed by atoms with van der Waals surface area (Å²) in [6.45, 7) is 3.43. The number of carbonyl (C=O) groups is 2. The highest BCUT2D eigenvalue weighted by atomic mass is 32.2. The predicted octanol–water partition coefficient (Wildman–Crippen LogP) is 1.30. The number of fused-ring (bicyclic) bond motifs is 1. The lowest BCUT2D eigenvalue weighted by molar-refractivity contribution is -0.138. The van der Waals surface area contributed by atoms with Gasteiger partial charge in [0.05, 0.1) is 11.6 Å². The van der Waals surface area contributed by atoms with Gasteiger partial charge in [-0.2, -0.15) is 0 Å². The molecule has 0 aliphatic carbocycles. The number of ether oxygens (including phenoxy) is 2. The molecule has 1 aromatic rings. The van der Waals surface area contributed by atoms with E-state index in [1.807, 2.05) is 25.1 Å². The molecule has 0 spiro atoms. The third-order valence-electron chi connectivity index (χ3n) is 3.70. The Hall–Kier alpha value is -1.89. The van der Waals surface area contributed by atoms with Crippen LogP contribution in [0.5, 0.6) is 11.5 Å². The SMILES string of the molecule is CCN(Cc1ccc2c(c1)OCO2)C(=O)CN1CSCC1=O. The Morgan fingerprint density at radius 3 is 2.91 bits per heavy atom. The van der Waals surface area contributed by atoms with Crippen molar-refractivity contribution in [1.82, 2.24) is 9.80 Å². The molecule has 0 bridgehead atoms. The van der Waals surface area contributed by atoms with Gasteiger partial charge in [0.2, 0.25) is 18.6 Å². The molecule has 1 saturated heterocycles. The second-order valence-electron chi connectivity index (χ2n) is 5.16. The predicted molar refractivity (Wildman–Crippen MR) is 82.7 cm³/mol. The molecular weight excluding hydrogens is 304 g/mol. The van der Waals surface area contributed by atoms with Crippen molar-refractivity contribution < 1.29 is 19.1 Å². The molecule has 2 amide bonds. The summed E-state index contributed by atoms with van der Waals surface area (Å²) in [7, 11) is 0. The molecule has 118 valence electrons.